The number of carboxylic acid groups (broad SMARTS) is 2. The average Bonchev–Trinajstić information content (AvgIpc) is 2.68. The molecule has 9 nitrogen and oxygen atoms in total. The van der Waals surface area contributed by atoms with Crippen molar-refractivity contribution >= 4 is 11.9 Å². The highest BCUT2D eigenvalue weighted by Gasteiger charge is 2.30. The molecule has 1 heterocycles. The molecular weight excluding hydrogens is 435 g/mol. The van der Waals surface area contributed by atoms with Crippen LogP contribution in [0, 0.1) is 6.92 Å². The van der Waals surface area contributed by atoms with Gasteiger partial charge in [0.1, 0.15) is 6.61 Å². The molecule has 0 amide bonds. The van der Waals surface area contributed by atoms with Gasteiger partial charge in [-0.15, -0.1) is 5.10 Å². The Balaban J connectivity index is 0.000000547. The molecule has 0 atom stereocenters. The third-order valence-corrected chi connectivity index (χ3v) is 3.63. The zero-order valence-corrected chi connectivity index (χ0v) is 17.4. The first kappa shape index (κ1) is 26.4. The zero-order chi connectivity index (χ0) is 24.5. The van der Waals surface area contributed by atoms with E-state index in [9.17, 15) is 37.8 Å². The molecule has 0 saturated carbocycles. The maximum Gasteiger partial charge on any atom is 0.416 e. The molecule has 0 aliphatic carbocycles. The van der Waals surface area contributed by atoms with Crippen LogP contribution in [0.2, 0.25) is 0 Å². The van der Waals surface area contributed by atoms with Crippen LogP contribution in [0.3, 0.4) is 0 Å². The molecule has 0 bridgehead atoms. The number of aliphatic carboxylic acids is 2. The molecule has 0 aliphatic rings. The highest BCUT2D eigenvalue weighted by molar-refractivity contribution is 5.87. The van der Waals surface area contributed by atoms with E-state index in [1.165, 1.54) is 22.9 Å². The number of carbonyl (C=O) groups is 2. The number of carboxylic acids is 2. The molecule has 32 heavy (non-hydrogen) atoms. The van der Waals surface area contributed by atoms with Crippen molar-refractivity contribution in [2.75, 3.05) is 27.2 Å². The van der Waals surface area contributed by atoms with Gasteiger partial charge in [0, 0.05) is 18.3 Å². The number of nitrogens with zero attached hydrogens (tertiary/aromatic N) is 3. The van der Waals surface area contributed by atoms with Gasteiger partial charge >= 0.3 is 6.18 Å². The maximum atomic E-state index is 12.9. The van der Waals surface area contributed by atoms with Crippen molar-refractivity contribution in [1.82, 2.24) is 14.7 Å². The first-order valence-corrected chi connectivity index (χ1v) is 8.97. The Kier molecular flexibility index (Phi) is 9.60. The lowest BCUT2D eigenvalue weighted by Gasteiger charge is -2.14. The first-order valence-electron chi connectivity index (χ1n) is 8.97. The van der Waals surface area contributed by atoms with Gasteiger partial charge in [0.15, 0.2) is 0 Å². The molecule has 174 valence electrons. The number of hydrogen-bond acceptors (Lipinski definition) is 8. The second kappa shape index (κ2) is 11.6. The van der Waals surface area contributed by atoms with Crippen LogP contribution in [-0.4, -0.2) is 53.9 Å². The van der Waals surface area contributed by atoms with Gasteiger partial charge in [-0.25, -0.2) is 4.68 Å². The van der Waals surface area contributed by atoms with E-state index in [-0.39, 0.29) is 18.2 Å². The fourth-order valence-corrected chi connectivity index (χ4v) is 2.17. The normalized spacial score (nSPS) is 11.2. The fraction of sp³-hybridized carbons (Fsp3) is 0.300. The van der Waals surface area contributed by atoms with E-state index >= 15 is 0 Å². The van der Waals surface area contributed by atoms with Gasteiger partial charge in [-0.05, 0) is 51.4 Å². The Labute approximate surface area is 181 Å². The molecule has 0 N–H and O–H groups in total. The summed E-state index contributed by atoms with van der Waals surface area (Å²) in [6.07, 6.45) is -3.68. The molecule has 0 saturated heterocycles. The van der Waals surface area contributed by atoms with Gasteiger partial charge in [0.05, 0.1) is 23.2 Å². The molecule has 1 aromatic heterocycles. The number of rotatable bonds is 7. The van der Waals surface area contributed by atoms with Crippen LogP contribution in [0.5, 0.6) is 5.88 Å². The number of carbonyl (C=O) groups excluding carboxylic acids is 2. The smallest absolute Gasteiger partial charge is 0.416 e. The van der Waals surface area contributed by atoms with Gasteiger partial charge in [-0.1, -0.05) is 6.07 Å². The summed E-state index contributed by atoms with van der Waals surface area (Å²) >= 11 is 0. The molecule has 0 unspecified atom stereocenters. The summed E-state index contributed by atoms with van der Waals surface area (Å²) in [5.41, 5.74) is -0.566. The van der Waals surface area contributed by atoms with Crippen molar-refractivity contribution in [2.45, 2.75) is 13.1 Å². The number of ether oxygens (including phenoxy) is 1. The van der Waals surface area contributed by atoms with Crippen molar-refractivity contribution in [1.29, 1.82) is 0 Å². The van der Waals surface area contributed by atoms with Crippen LogP contribution in [-0.2, 0) is 15.8 Å². The van der Waals surface area contributed by atoms with Crippen molar-refractivity contribution in [3.63, 3.8) is 0 Å². The highest BCUT2D eigenvalue weighted by Crippen LogP contribution is 2.30. The molecule has 0 aliphatic heterocycles. The standard InChI is InChI=1S/C16H18F3N3O2.C4H4O4/c1-11-9-14(23)15(24-8-7-21(2)3)20-22(11)13-6-4-5-12(10-13)16(17,18)19;5-3(6)1-2-4(7)8/h4-6,9-10H,7-8H2,1-3H3;1-2H,(H,5,6)(H,7,8)/p-2. The number of likely N-dealkylation sites (N-methyl/N-ethyl adjacent to an activating group) is 1. The Morgan fingerprint density at radius 1 is 1.16 bits per heavy atom. The summed E-state index contributed by atoms with van der Waals surface area (Å²) in [7, 11) is 3.71. The lowest BCUT2D eigenvalue weighted by atomic mass is 10.2. The topological polar surface area (TPSA) is 128 Å². The number of alkyl halides is 3. The summed E-state index contributed by atoms with van der Waals surface area (Å²) in [6, 6.07) is 6.04. The minimum absolute atomic E-state index is 0.139. The lowest BCUT2D eigenvalue weighted by Crippen LogP contribution is -2.23. The van der Waals surface area contributed by atoms with Gasteiger partial charge in [-0.2, -0.15) is 13.2 Å². The average molecular weight is 455 g/mol. The largest absolute Gasteiger partial charge is 0.545 e. The number of halogens is 3. The number of hydrogen-bond donors (Lipinski definition) is 0. The van der Waals surface area contributed by atoms with Crippen LogP contribution in [0.1, 0.15) is 11.3 Å². The summed E-state index contributed by atoms with van der Waals surface area (Å²) in [5, 5.41) is 22.9. The second-order valence-corrected chi connectivity index (χ2v) is 6.54. The summed E-state index contributed by atoms with van der Waals surface area (Å²) in [5.74, 6) is -3.23. The molecule has 1 aromatic carbocycles. The quantitative estimate of drug-likeness (QED) is 0.514. The van der Waals surface area contributed by atoms with Crippen molar-refractivity contribution in [2.24, 2.45) is 0 Å². The van der Waals surface area contributed by atoms with Crippen LogP contribution in [0.15, 0.2) is 47.3 Å². The summed E-state index contributed by atoms with van der Waals surface area (Å²) in [4.78, 5) is 32.6. The number of aromatic nitrogens is 2. The Morgan fingerprint density at radius 3 is 2.25 bits per heavy atom. The Morgan fingerprint density at radius 2 is 1.75 bits per heavy atom. The zero-order valence-electron chi connectivity index (χ0n) is 17.4. The van der Waals surface area contributed by atoms with Crippen LogP contribution >= 0.6 is 0 Å². The van der Waals surface area contributed by atoms with Gasteiger partial charge in [-0.3, -0.25) is 4.79 Å². The molecule has 0 radical (unpaired) electrons. The Hall–Kier alpha value is -3.67. The van der Waals surface area contributed by atoms with E-state index < -0.39 is 29.1 Å². The van der Waals surface area contributed by atoms with Crippen molar-refractivity contribution in [3.8, 4) is 11.6 Å². The van der Waals surface area contributed by atoms with E-state index in [4.69, 9.17) is 4.74 Å². The third-order valence-electron chi connectivity index (χ3n) is 3.63. The van der Waals surface area contributed by atoms with E-state index in [1.807, 2.05) is 19.0 Å². The molecule has 12 heteroatoms. The summed E-state index contributed by atoms with van der Waals surface area (Å²) in [6.45, 7) is 2.43. The SMILES string of the molecule is Cc1cc(=O)c(OCCN(C)C)nn1-c1cccc(C(F)(F)F)c1.O=C([O-])C=CC(=O)[O-]. The Bertz CT molecular complexity index is 1020. The molecule has 0 fully saturated rings. The monoisotopic (exact) mass is 455 g/mol. The van der Waals surface area contributed by atoms with Crippen LogP contribution in [0.4, 0.5) is 13.2 Å². The minimum Gasteiger partial charge on any atom is -0.545 e. The van der Waals surface area contributed by atoms with Crippen molar-refractivity contribution < 1.29 is 37.7 Å². The second-order valence-electron chi connectivity index (χ2n) is 6.54. The number of benzene rings is 1. The fourth-order valence-electron chi connectivity index (χ4n) is 2.17. The predicted molar refractivity (Wildman–Crippen MR) is 103 cm³/mol. The molecule has 0 spiro atoms. The predicted octanol–water partition coefficient (Wildman–Crippen LogP) is -0.457. The molecule has 2 rings (SSSR count). The van der Waals surface area contributed by atoms with E-state index in [0.29, 0.717) is 24.4 Å². The maximum absolute atomic E-state index is 12.9. The minimum atomic E-state index is -4.45. The third kappa shape index (κ3) is 9.00. The van der Waals surface area contributed by atoms with Gasteiger partial charge in [0.2, 0.25) is 5.43 Å². The number of aryl methyl sites for hydroxylation is 1. The molecular formula is C20H20F3N3O6-2. The highest BCUT2D eigenvalue weighted by atomic mass is 19.4. The van der Waals surface area contributed by atoms with Crippen LogP contribution in [0.25, 0.3) is 5.69 Å². The van der Waals surface area contributed by atoms with Gasteiger partial charge < -0.3 is 29.4 Å². The summed E-state index contributed by atoms with van der Waals surface area (Å²) < 4.78 is 45.2. The van der Waals surface area contributed by atoms with E-state index in [2.05, 4.69) is 5.10 Å². The lowest BCUT2D eigenvalue weighted by molar-refractivity contribution is -0.301. The first-order chi connectivity index (χ1) is 14.8. The van der Waals surface area contributed by atoms with E-state index in [0.717, 1.165) is 12.1 Å². The van der Waals surface area contributed by atoms with Crippen molar-refractivity contribution in [3.05, 3.63) is 64.0 Å². The van der Waals surface area contributed by atoms with E-state index in [1.54, 1.807) is 6.92 Å². The molecule has 2 aromatic rings. The van der Waals surface area contributed by atoms with Crippen LogP contribution < -0.4 is 20.4 Å². The van der Waals surface area contributed by atoms with Gasteiger partial charge in [0.25, 0.3) is 5.88 Å².